The molecule has 2 rings (SSSR count). The summed E-state index contributed by atoms with van der Waals surface area (Å²) in [6.45, 7) is 7.51. The monoisotopic (exact) mass is 392 g/mol. The highest BCUT2D eigenvalue weighted by molar-refractivity contribution is 5.63. The molecule has 27 heavy (non-hydrogen) atoms. The van der Waals surface area contributed by atoms with Crippen LogP contribution in [0.5, 0.6) is 0 Å². The van der Waals surface area contributed by atoms with Gasteiger partial charge in [0.25, 0.3) is 0 Å². The number of allylic oxidation sites excluding steroid dienone is 1. The number of halogens is 6. The molecule has 2 N–H and O–H groups in total. The number of nitrogen functional groups attached to an aromatic ring is 1. The molecule has 0 atom stereocenters. The van der Waals surface area contributed by atoms with Crippen LogP contribution in [0.4, 0.5) is 32.2 Å². The first-order chi connectivity index (χ1) is 12.3. The molecule has 10 heteroatoms. The molecule has 4 nitrogen and oxygen atoms in total. The molecule has 0 amide bonds. The summed E-state index contributed by atoms with van der Waals surface area (Å²) in [5.74, 6) is -0.948. The van der Waals surface area contributed by atoms with Crippen LogP contribution in [0.2, 0.25) is 0 Å². The molecule has 0 saturated carbocycles. The lowest BCUT2D eigenvalue weighted by Crippen LogP contribution is -2.16. The second-order valence-electron chi connectivity index (χ2n) is 6.52. The number of rotatable bonds is 5. The Morgan fingerprint density at radius 1 is 1.22 bits per heavy atom. The third-order valence-corrected chi connectivity index (χ3v) is 3.64. The number of aromatic nitrogens is 3. The van der Waals surface area contributed by atoms with Gasteiger partial charge in [0.1, 0.15) is 18.1 Å². The van der Waals surface area contributed by atoms with Crippen LogP contribution in [0, 0.1) is 5.92 Å². The van der Waals surface area contributed by atoms with Gasteiger partial charge in [-0.25, -0.2) is 9.97 Å². The summed E-state index contributed by atoms with van der Waals surface area (Å²) in [4.78, 5) is 7.37. The first-order valence-electron chi connectivity index (χ1n) is 7.94. The van der Waals surface area contributed by atoms with E-state index < -0.39 is 30.2 Å². The van der Waals surface area contributed by atoms with Crippen LogP contribution in [0.25, 0.3) is 17.0 Å². The predicted molar refractivity (Wildman–Crippen MR) is 89.4 cm³/mol. The number of imidazole rings is 1. The maximum absolute atomic E-state index is 13.0. The van der Waals surface area contributed by atoms with Crippen LogP contribution in [0.1, 0.15) is 31.7 Å². The number of alkyl halides is 6. The molecule has 0 saturated heterocycles. The zero-order valence-electron chi connectivity index (χ0n) is 14.6. The van der Waals surface area contributed by atoms with Gasteiger partial charge in [-0.05, 0) is 18.4 Å². The lowest BCUT2D eigenvalue weighted by Gasteiger charge is -2.13. The van der Waals surface area contributed by atoms with E-state index in [1.807, 2.05) is 13.8 Å². The first kappa shape index (κ1) is 20.8. The van der Waals surface area contributed by atoms with E-state index in [0.29, 0.717) is 12.1 Å². The van der Waals surface area contributed by atoms with Crippen LogP contribution in [-0.2, 0) is 12.6 Å². The molecule has 0 aliphatic rings. The van der Waals surface area contributed by atoms with Gasteiger partial charge in [-0.3, -0.25) is 0 Å². The Labute approximate surface area is 151 Å². The van der Waals surface area contributed by atoms with Crippen molar-refractivity contribution in [3.63, 3.8) is 0 Å². The number of hydrogen-bond acceptors (Lipinski definition) is 3. The molecule has 2 aromatic rings. The highest BCUT2D eigenvalue weighted by atomic mass is 19.4. The van der Waals surface area contributed by atoms with Crippen LogP contribution in [0.3, 0.4) is 0 Å². The van der Waals surface area contributed by atoms with Crippen molar-refractivity contribution in [2.75, 3.05) is 5.73 Å². The minimum atomic E-state index is -4.74. The summed E-state index contributed by atoms with van der Waals surface area (Å²) in [5, 5.41) is 0. The number of hydrogen-bond donors (Lipinski definition) is 1. The highest BCUT2D eigenvalue weighted by Crippen LogP contribution is 2.35. The summed E-state index contributed by atoms with van der Waals surface area (Å²) in [6, 6.07) is 0.720. The van der Waals surface area contributed by atoms with Gasteiger partial charge in [0.15, 0.2) is 0 Å². The van der Waals surface area contributed by atoms with Gasteiger partial charge in [-0.15, -0.1) is 0 Å². The molecule has 0 radical (unpaired) electrons. The average molecular weight is 392 g/mol. The van der Waals surface area contributed by atoms with Gasteiger partial charge in [0.2, 0.25) is 0 Å². The fourth-order valence-electron chi connectivity index (χ4n) is 2.55. The van der Waals surface area contributed by atoms with Crippen molar-refractivity contribution in [1.29, 1.82) is 0 Å². The Bertz CT molecular complexity index is 833. The van der Waals surface area contributed by atoms with Crippen LogP contribution < -0.4 is 5.73 Å². The number of anilines is 1. The maximum Gasteiger partial charge on any atom is 0.419 e. The Morgan fingerprint density at radius 3 is 2.37 bits per heavy atom. The van der Waals surface area contributed by atoms with E-state index in [9.17, 15) is 26.3 Å². The maximum atomic E-state index is 13.0. The Morgan fingerprint density at radius 2 is 1.85 bits per heavy atom. The molecule has 2 aromatic heterocycles. The minimum absolute atomic E-state index is 0.0721. The van der Waals surface area contributed by atoms with Crippen molar-refractivity contribution in [2.45, 2.75) is 39.0 Å². The van der Waals surface area contributed by atoms with Gasteiger partial charge >= 0.3 is 12.4 Å². The van der Waals surface area contributed by atoms with Gasteiger partial charge in [-0.1, -0.05) is 20.4 Å². The van der Waals surface area contributed by atoms with Crippen LogP contribution in [-0.4, -0.2) is 20.7 Å². The van der Waals surface area contributed by atoms with E-state index in [1.54, 1.807) is 0 Å². The van der Waals surface area contributed by atoms with Crippen molar-refractivity contribution in [3.05, 3.63) is 36.4 Å². The van der Waals surface area contributed by atoms with E-state index in [2.05, 4.69) is 16.5 Å². The summed E-state index contributed by atoms with van der Waals surface area (Å²) in [6.07, 6.45) is -7.94. The highest BCUT2D eigenvalue weighted by Gasteiger charge is 2.35. The largest absolute Gasteiger partial charge is 0.419 e. The SMILES string of the molecule is C=C(CC(C)C)n1cc(-c2cnc(N)c(C(F)(F)F)c2)nc1CC(F)(F)F. The lowest BCUT2D eigenvalue weighted by atomic mass is 10.1. The second kappa shape index (κ2) is 7.24. The van der Waals surface area contributed by atoms with Gasteiger partial charge < -0.3 is 10.3 Å². The molecule has 0 aliphatic heterocycles. The smallest absolute Gasteiger partial charge is 0.383 e. The van der Waals surface area contributed by atoms with Gasteiger partial charge in [0, 0.05) is 23.7 Å². The average Bonchev–Trinajstić information content (AvgIpc) is 2.87. The van der Waals surface area contributed by atoms with Crippen LogP contribution >= 0.6 is 0 Å². The predicted octanol–water partition coefficient (Wildman–Crippen LogP) is 5.17. The van der Waals surface area contributed by atoms with Crippen LogP contribution in [0.15, 0.2) is 25.0 Å². The molecule has 0 aliphatic carbocycles. The number of nitrogens with two attached hydrogens (primary N) is 1. The van der Waals surface area contributed by atoms with E-state index in [-0.39, 0.29) is 23.0 Å². The zero-order chi connectivity index (χ0) is 20.6. The first-order valence-corrected chi connectivity index (χ1v) is 7.94. The minimum Gasteiger partial charge on any atom is -0.383 e. The molecular weight excluding hydrogens is 374 g/mol. The lowest BCUT2D eigenvalue weighted by molar-refractivity contribution is -0.137. The van der Waals surface area contributed by atoms with E-state index in [1.165, 1.54) is 10.8 Å². The summed E-state index contributed by atoms with van der Waals surface area (Å²) >= 11 is 0. The summed E-state index contributed by atoms with van der Waals surface area (Å²) in [7, 11) is 0. The van der Waals surface area contributed by atoms with Crippen molar-refractivity contribution in [1.82, 2.24) is 14.5 Å². The third-order valence-electron chi connectivity index (χ3n) is 3.64. The Kier molecular flexibility index (Phi) is 5.58. The molecule has 148 valence electrons. The molecule has 0 bridgehead atoms. The van der Waals surface area contributed by atoms with E-state index in [0.717, 1.165) is 12.3 Å². The molecular formula is C17H18F6N4. The van der Waals surface area contributed by atoms with Crippen molar-refractivity contribution >= 4 is 11.5 Å². The number of nitrogens with zero attached hydrogens (tertiary/aromatic N) is 3. The molecule has 0 aromatic carbocycles. The zero-order valence-corrected chi connectivity index (χ0v) is 14.6. The fourth-order valence-corrected chi connectivity index (χ4v) is 2.55. The van der Waals surface area contributed by atoms with E-state index in [4.69, 9.17) is 5.73 Å². The summed E-state index contributed by atoms with van der Waals surface area (Å²) < 4.78 is 78.8. The fraction of sp³-hybridized carbons (Fsp3) is 0.412. The van der Waals surface area contributed by atoms with E-state index >= 15 is 0 Å². The quantitative estimate of drug-likeness (QED) is 0.715. The standard InChI is InChI=1S/C17H18F6N4/c1-9(2)4-10(3)27-8-13(26-14(27)6-16(18,19)20)11-5-12(17(21,22)23)15(24)25-7-11/h5,7-9H,3-4,6H2,1-2H3,(H2,24,25). The Hall–Kier alpha value is -2.52. The van der Waals surface area contributed by atoms with Crippen molar-refractivity contribution < 1.29 is 26.3 Å². The van der Waals surface area contributed by atoms with Gasteiger partial charge in [0.05, 0.1) is 11.3 Å². The normalized spacial score (nSPS) is 12.6. The summed E-state index contributed by atoms with van der Waals surface area (Å²) in [5.41, 5.74) is 4.29. The second-order valence-corrected chi connectivity index (χ2v) is 6.52. The third kappa shape index (κ3) is 5.24. The molecule has 2 heterocycles. The molecule has 0 fully saturated rings. The Balaban J connectivity index is 2.54. The van der Waals surface area contributed by atoms with Crippen molar-refractivity contribution in [3.8, 4) is 11.3 Å². The topological polar surface area (TPSA) is 56.7 Å². The number of pyridine rings is 1. The molecule has 0 unspecified atom stereocenters. The van der Waals surface area contributed by atoms with Gasteiger partial charge in [-0.2, -0.15) is 26.3 Å². The van der Waals surface area contributed by atoms with Crippen molar-refractivity contribution in [2.24, 2.45) is 5.92 Å². The molecule has 0 spiro atoms.